The zero-order valence-corrected chi connectivity index (χ0v) is 17.8. The van der Waals surface area contributed by atoms with Crippen LogP contribution in [0.25, 0.3) is 0 Å². The number of unbranched alkanes of at least 4 members (excludes halogenated alkanes) is 4. The van der Waals surface area contributed by atoms with Crippen molar-refractivity contribution in [2.75, 3.05) is 13.1 Å². The van der Waals surface area contributed by atoms with Gasteiger partial charge in [0.25, 0.3) is 0 Å². The van der Waals surface area contributed by atoms with Gasteiger partial charge in [0.2, 0.25) is 0 Å². The van der Waals surface area contributed by atoms with E-state index in [0.29, 0.717) is 5.92 Å². The standard InChI is InChI=1S/C22H39N.C2H6/c1-4-6-8-10-11-12-13-14-15-16-18-22(3)19-21-23-20-17-9-7-5-2;1-2/h6,8,12-16,18,22-23H,4-5,7,9-11,17,19-21H2,1-3H3;1-2H3/b8-6-,13-12+,15-14-,18-16+;. The summed E-state index contributed by atoms with van der Waals surface area (Å²) in [4.78, 5) is 0. The van der Waals surface area contributed by atoms with Crippen LogP contribution in [0.15, 0.2) is 48.6 Å². The number of rotatable bonds is 15. The lowest BCUT2D eigenvalue weighted by molar-refractivity contribution is 0.549. The molecule has 0 radical (unpaired) electrons. The van der Waals surface area contributed by atoms with Crippen molar-refractivity contribution in [3.8, 4) is 0 Å². The first-order chi connectivity index (χ1) is 12.3. The van der Waals surface area contributed by atoms with E-state index in [9.17, 15) is 0 Å². The van der Waals surface area contributed by atoms with Crippen LogP contribution in [0.4, 0.5) is 0 Å². The van der Waals surface area contributed by atoms with Crippen molar-refractivity contribution in [2.45, 2.75) is 86.0 Å². The molecule has 1 atom stereocenters. The molecule has 0 aliphatic heterocycles. The summed E-state index contributed by atoms with van der Waals surface area (Å²) in [6.45, 7) is 13.0. The largest absolute Gasteiger partial charge is 0.317 e. The summed E-state index contributed by atoms with van der Waals surface area (Å²) in [7, 11) is 0. The molecule has 0 aromatic carbocycles. The Kier molecular flexibility index (Phi) is 26.3. The summed E-state index contributed by atoms with van der Waals surface area (Å²) in [5.41, 5.74) is 0. The van der Waals surface area contributed by atoms with Gasteiger partial charge in [0.05, 0.1) is 0 Å². The van der Waals surface area contributed by atoms with E-state index in [-0.39, 0.29) is 0 Å². The molecule has 0 aromatic rings. The Hall–Kier alpha value is -1.08. The van der Waals surface area contributed by atoms with E-state index < -0.39 is 0 Å². The highest BCUT2D eigenvalue weighted by atomic mass is 14.8. The Bertz CT molecular complexity index is 336. The van der Waals surface area contributed by atoms with Gasteiger partial charge >= 0.3 is 0 Å². The number of allylic oxidation sites excluding steroid dienone is 8. The summed E-state index contributed by atoms with van der Waals surface area (Å²) in [5, 5.41) is 3.55. The molecule has 1 heteroatoms. The van der Waals surface area contributed by atoms with Gasteiger partial charge in [-0.3, -0.25) is 0 Å². The molecule has 25 heavy (non-hydrogen) atoms. The van der Waals surface area contributed by atoms with Gasteiger partial charge in [0.1, 0.15) is 0 Å². The number of hydrogen-bond donors (Lipinski definition) is 1. The highest BCUT2D eigenvalue weighted by Gasteiger charge is 1.95. The highest BCUT2D eigenvalue weighted by Crippen LogP contribution is 2.03. The van der Waals surface area contributed by atoms with Crippen LogP contribution in [0.3, 0.4) is 0 Å². The molecule has 0 saturated heterocycles. The second-order valence-electron chi connectivity index (χ2n) is 6.23. The van der Waals surface area contributed by atoms with Crippen LogP contribution < -0.4 is 5.32 Å². The van der Waals surface area contributed by atoms with Crippen LogP contribution in [-0.2, 0) is 0 Å². The molecule has 0 fully saturated rings. The lowest BCUT2D eigenvalue weighted by Gasteiger charge is -2.07. The predicted octanol–water partition coefficient (Wildman–Crippen LogP) is 7.62. The summed E-state index contributed by atoms with van der Waals surface area (Å²) >= 11 is 0. The quantitative estimate of drug-likeness (QED) is 0.182. The lowest BCUT2D eigenvalue weighted by Crippen LogP contribution is -2.18. The highest BCUT2D eigenvalue weighted by molar-refractivity contribution is 5.11. The second kappa shape index (κ2) is 25.2. The minimum atomic E-state index is 0.644. The first-order valence-corrected chi connectivity index (χ1v) is 10.7. The maximum Gasteiger partial charge on any atom is -0.00434 e. The Labute approximate surface area is 159 Å². The maximum absolute atomic E-state index is 3.55. The summed E-state index contributed by atoms with van der Waals surface area (Å²) in [6.07, 6.45) is 27.6. The van der Waals surface area contributed by atoms with Crippen LogP contribution in [0, 0.1) is 5.92 Å². The van der Waals surface area contributed by atoms with Crippen molar-refractivity contribution in [1.29, 1.82) is 0 Å². The third-order valence-electron chi connectivity index (χ3n) is 3.79. The van der Waals surface area contributed by atoms with E-state index in [1.54, 1.807) is 0 Å². The molecule has 0 aromatic heterocycles. The monoisotopic (exact) mass is 347 g/mol. The van der Waals surface area contributed by atoms with Crippen LogP contribution in [0.2, 0.25) is 0 Å². The zero-order valence-electron chi connectivity index (χ0n) is 17.8. The molecule has 0 aliphatic carbocycles. The maximum atomic E-state index is 3.55. The van der Waals surface area contributed by atoms with Crippen molar-refractivity contribution in [2.24, 2.45) is 5.92 Å². The third kappa shape index (κ3) is 25.3. The van der Waals surface area contributed by atoms with E-state index in [0.717, 1.165) is 25.8 Å². The van der Waals surface area contributed by atoms with Gasteiger partial charge in [-0.05, 0) is 51.1 Å². The SMILES string of the molecule is CC.CC/C=C\CC/C=C/C=C\C=C\C(C)CCNCCCCCC. The number of hydrogen-bond acceptors (Lipinski definition) is 1. The molecule has 0 amide bonds. The van der Waals surface area contributed by atoms with Gasteiger partial charge in [-0.15, -0.1) is 0 Å². The fourth-order valence-electron chi connectivity index (χ4n) is 2.26. The molecule has 0 rings (SSSR count). The van der Waals surface area contributed by atoms with Gasteiger partial charge in [-0.1, -0.05) is 102 Å². The third-order valence-corrected chi connectivity index (χ3v) is 3.79. The van der Waals surface area contributed by atoms with Crippen molar-refractivity contribution < 1.29 is 0 Å². The Balaban J connectivity index is 0. The minimum absolute atomic E-state index is 0.644. The topological polar surface area (TPSA) is 12.0 Å². The van der Waals surface area contributed by atoms with Crippen molar-refractivity contribution in [1.82, 2.24) is 5.32 Å². The smallest absolute Gasteiger partial charge is 0.00434 e. The Morgan fingerprint density at radius 3 is 2.20 bits per heavy atom. The van der Waals surface area contributed by atoms with E-state index in [4.69, 9.17) is 0 Å². The fraction of sp³-hybridized carbons (Fsp3) is 0.667. The van der Waals surface area contributed by atoms with Crippen molar-refractivity contribution in [3.05, 3.63) is 48.6 Å². The first kappa shape index (κ1) is 26.2. The van der Waals surface area contributed by atoms with E-state index in [2.05, 4.69) is 74.7 Å². The average molecular weight is 348 g/mol. The summed E-state index contributed by atoms with van der Waals surface area (Å²) < 4.78 is 0. The van der Waals surface area contributed by atoms with Crippen LogP contribution in [0.5, 0.6) is 0 Å². The van der Waals surface area contributed by atoms with Crippen molar-refractivity contribution >= 4 is 0 Å². The van der Waals surface area contributed by atoms with Crippen LogP contribution >= 0.6 is 0 Å². The Morgan fingerprint density at radius 1 is 0.760 bits per heavy atom. The van der Waals surface area contributed by atoms with E-state index >= 15 is 0 Å². The summed E-state index contributed by atoms with van der Waals surface area (Å²) in [6, 6.07) is 0. The molecule has 1 unspecified atom stereocenters. The minimum Gasteiger partial charge on any atom is -0.317 e. The molecule has 1 N–H and O–H groups in total. The van der Waals surface area contributed by atoms with Gasteiger partial charge < -0.3 is 5.32 Å². The molecular formula is C24H45N. The lowest BCUT2D eigenvalue weighted by atomic mass is 10.1. The molecule has 0 heterocycles. The van der Waals surface area contributed by atoms with Crippen molar-refractivity contribution in [3.63, 3.8) is 0 Å². The summed E-state index contributed by atoms with van der Waals surface area (Å²) in [5.74, 6) is 0.644. The molecule has 1 nitrogen and oxygen atoms in total. The molecule has 0 bridgehead atoms. The Morgan fingerprint density at radius 2 is 1.48 bits per heavy atom. The normalized spacial score (nSPS) is 13.2. The van der Waals surface area contributed by atoms with Gasteiger partial charge in [-0.2, -0.15) is 0 Å². The fourth-order valence-corrected chi connectivity index (χ4v) is 2.26. The molecule has 0 aliphatic rings. The predicted molar refractivity (Wildman–Crippen MR) is 118 cm³/mol. The van der Waals surface area contributed by atoms with E-state index in [1.165, 1.54) is 38.6 Å². The van der Waals surface area contributed by atoms with Gasteiger partial charge in [0.15, 0.2) is 0 Å². The first-order valence-electron chi connectivity index (χ1n) is 10.7. The zero-order chi connectivity index (χ0) is 19.0. The molecule has 146 valence electrons. The number of nitrogens with one attached hydrogen (secondary N) is 1. The molecular weight excluding hydrogens is 302 g/mol. The average Bonchev–Trinajstić information content (AvgIpc) is 2.64. The molecule has 0 saturated carbocycles. The van der Waals surface area contributed by atoms with Gasteiger partial charge in [-0.25, -0.2) is 0 Å². The second-order valence-corrected chi connectivity index (χ2v) is 6.23. The van der Waals surface area contributed by atoms with Crippen LogP contribution in [-0.4, -0.2) is 13.1 Å². The van der Waals surface area contributed by atoms with Crippen LogP contribution in [0.1, 0.15) is 86.0 Å². The van der Waals surface area contributed by atoms with E-state index in [1.807, 2.05) is 13.8 Å². The molecule has 0 spiro atoms. The van der Waals surface area contributed by atoms with Gasteiger partial charge in [0, 0.05) is 0 Å².